The number of rotatable bonds is 6. The zero-order chi connectivity index (χ0) is 23.3. The quantitative estimate of drug-likeness (QED) is 0.588. The Morgan fingerprint density at radius 3 is 2.50 bits per heavy atom. The highest BCUT2D eigenvalue weighted by atomic mass is 16.5. The van der Waals surface area contributed by atoms with Gasteiger partial charge in [-0.1, -0.05) is 27.7 Å². The number of carbonyl (C=O) groups is 1. The van der Waals surface area contributed by atoms with Crippen LogP contribution in [0.15, 0.2) is 0 Å². The molecule has 0 aliphatic heterocycles. The first kappa shape index (κ1) is 24.5. The summed E-state index contributed by atoms with van der Waals surface area (Å²) >= 11 is 0. The lowest BCUT2D eigenvalue weighted by molar-refractivity contribution is -0.179. The van der Waals surface area contributed by atoms with E-state index >= 15 is 0 Å². The fraction of sp³-hybridized carbons (Fsp3) is 0.963. The molecule has 184 valence electrons. The zero-order valence-corrected chi connectivity index (χ0v) is 21.2. The summed E-state index contributed by atoms with van der Waals surface area (Å²) in [6.45, 7) is 10.5. The van der Waals surface area contributed by atoms with Crippen molar-refractivity contribution in [2.24, 2.45) is 46.3 Å². The van der Waals surface area contributed by atoms with E-state index in [0.717, 1.165) is 38.6 Å². The van der Waals surface area contributed by atoms with Gasteiger partial charge >= 0.3 is 5.97 Å². The maximum atomic E-state index is 12.8. The van der Waals surface area contributed by atoms with E-state index in [-0.39, 0.29) is 34.9 Å². The van der Waals surface area contributed by atoms with Crippen LogP contribution in [0.2, 0.25) is 0 Å². The molecule has 0 unspecified atom stereocenters. The van der Waals surface area contributed by atoms with E-state index in [9.17, 15) is 9.90 Å². The average Bonchev–Trinajstić information content (AvgIpc) is 3.09. The van der Waals surface area contributed by atoms with Gasteiger partial charge in [0.15, 0.2) is 0 Å². The Morgan fingerprint density at radius 2 is 1.84 bits per heavy atom. The lowest BCUT2D eigenvalue weighted by Crippen LogP contribution is -2.64. The first-order valence-corrected chi connectivity index (χ1v) is 13.2. The van der Waals surface area contributed by atoms with Crippen LogP contribution in [0.25, 0.3) is 0 Å². The predicted octanol–water partition coefficient (Wildman–Crippen LogP) is 4.42. The predicted molar refractivity (Wildman–Crippen MR) is 126 cm³/mol. The molecule has 0 bridgehead atoms. The summed E-state index contributed by atoms with van der Waals surface area (Å²) < 4.78 is 11.1. The number of fused-ring (bicyclic) bond motifs is 5. The highest BCUT2D eigenvalue weighted by Gasteiger charge is 2.65. The number of aliphatic hydroxyl groups excluding tert-OH is 1. The zero-order valence-electron chi connectivity index (χ0n) is 21.2. The molecule has 0 aromatic heterocycles. The molecule has 0 radical (unpaired) electrons. The van der Waals surface area contributed by atoms with Crippen molar-refractivity contribution < 1.29 is 19.4 Å². The standard InChI is InChI=1S/C27H47NO4/c1-16(2)11-12-28-21-14-27(4)19(9-10-20(27)25(30)32-6)18-8-7-17-13-22(29)23(31-5)15-26(17,3)24(18)21/h16-24,28-29H,7-15H2,1-6H3/t17-,18-,19-,20+,21+,22-,23-,24+,26-,27-/m0/s1. The Labute approximate surface area is 195 Å². The van der Waals surface area contributed by atoms with Gasteiger partial charge in [0.05, 0.1) is 25.2 Å². The Bertz CT molecular complexity index is 683. The topological polar surface area (TPSA) is 67.8 Å². The molecule has 32 heavy (non-hydrogen) atoms. The van der Waals surface area contributed by atoms with Crippen LogP contribution in [0.1, 0.15) is 79.1 Å². The lowest BCUT2D eigenvalue weighted by Gasteiger charge is -2.64. The first-order valence-electron chi connectivity index (χ1n) is 13.2. The third-order valence-corrected chi connectivity index (χ3v) is 10.5. The van der Waals surface area contributed by atoms with E-state index in [2.05, 4.69) is 33.0 Å². The van der Waals surface area contributed by atoms with Crippen molar-refractivity contribution in [1.82, 2.24) is 5.32 Å². The second-order valence-electron chi connectivity index (χ2n) is 12.5. The van der Waals surface area contributed by atoms with Gasteiger partial charge in [0.25, 0.3) is 0 Å². The van der Waals surface area contributed by atoms with Crippen molar-refractivity contribution in [1.29, 1.82) is 0 Å². The molecule has 4 fully saturated rings. The van der Waals surface area contributed by atoms with Crippen molar-refractivity contribution >= 4 is 5.97 Å². The second kappa shape index (κ2) is 9.19. The van der Waals surface area contributed by atoms with Gasteiger partial charge in [-0.3, -0.25) is 4.79 Å². The fourth-order valence-electron chi connectivity index (χ4n) is 8.96. The van der Waals surface area contributed by atoms with E-state index in [0.29, 0.717) is 35.6 Å². The van der Waals surface area contributed by atoms with Gasteiger partial charge in [0, 0.05) is 13.2 Å². The van der Waals surface area contributed by atoms with Crippen molar-refractivity contribution in [3.8, 4) is 0 Å². The smallest absolute Gasteiger partial charge is 0.309 e. The molecule has 0 spiro atoms. The largest absolute Gasteiger partial charge is 0.469 e. The van der Waals surface area contributed by atoms with Crippen molar-refractivity contribution in [2.45, 2.75) is 97.3 Å². The summed E-state index contributed by atoms with van der Waals surface area (Å²) in [5.74, 6) is 3.05. The van der Waals surface area contributed by atoms with Crippen LogP contribution in [0, 0.1) is 46.3 Å². The average molecular weight is 450 g/mol. The molecule has 0 saturated heterocycles. The maximum Gasteiger partial charge on any atom is 0.309 e. The molecule has 0 heterocycles. The van der Waals surface area contributed by atoms with Crippen LogP contribution in [-0.2, 0) is 14.3 Å². The molecule has 10 atom stereocenters. The molecule has 2 N–H and O–H groups in total. The SMILES string of the molecule is COC(=O)[C@H]1CC[C@H]2[C@@H]3CC[C@H]4C[C@H](O)[C@@H](OC)C[C@]4(C)[C@H]3[C@H](NCCC(C)C)C[C@]12C. The number of esters is 1. The van der Waals surface area contributed by atoms with Crippen LogP contribution in [0.5, 0.6) is 0 Å². The first-order chi connectivity index (χ1) is 15.2. The van der Waals surface area contributed by atoms with Gasteiger partial charge < -0.3 is 19.9 Å². The summed E-state index contributed by atoms with van der Waals surface area (Å²) in [5.41, 5.74) is 0.185. The summed E-state index contributed by atoms with van der Waals surface area (Å²) in [5, 5.41) is 14.7. The summed E-state index contributed by atoms with van der Waals surface area (Å²) in [6.07, 6.45) is 8.17. The van der Waals surface area contributed by atoms with E-state index < -0.39 is 0 Å². The fourth-order valence-corrected chi connectivity index (χ4v) is 8.96. The molecule has 4 aliphatic rings. The third kappa shape index (κ3) is 3.94. The summed E-state index contributed by atoms with van der Waals surface area (Å²) in [4.78, 5) is 12.8. The molecule has 0 aromatic carbocycles. The number of carbonyl (C=O) groups excluding carboxylic acids is 1. The van der Waals surface area contributed by atoms with E-state index in [4.69, 9.17) is 9.47 Å². The van der Waals surface area contributed by atoms with Crippen LogP contribution in [0.4, 0.5) is 0 Å². The maximum absolute atomic E-state index is 12.8. The Morgan fingerprint density at radius 1 is 1.09 bits per heavy atom. The van der Waals surface area contributed by atoms with Crippen molar-refractivity contribution in [3.63, 3.8) is 0 Å². The highest BCUT2D eigenvalue weighted by molar-refractivity contribution is 5.74. The van der Waals surface area contributed by atoms with Crippen LogP contribution >= 0.6 is 0 Å². The van der Waals surface area contributed by atoms with Gasteiger partial charge in [-0.15, -0.1) is 0 Å². The number of hydrogen-bond acceptors (Lipinski definition) is 5. The highest BCUT2D eigenvalue weighted by Crippen LogP contribution is 2.67. The second-order valence-corrected chi connectivity index (χ2v) is 12.5. The monoisotopic (exact) mass is 449 g/mol. The number of nitrogens with one attached hydrogen (secondary N) is 1. The van der Waals surface area contributed by atoms with E-state index in [1.54, 1.807) is 14.2 Å². The number of hydrogen-bond donors (Lipinski definition) is 2. The van der Waals surface area contributed by atoms with Crippen LogP contribution < -0.4 is 5.32 Å². The summed E-state index contributed by atoms with van der Waals surface area (Å²) in [6, 6.07) is 0.408. The minimum absolute atomic E-state index is 0.00508. The molecule has 4 rings (SSSR count). The number of ether oxygens (including phenoxy) is 2. The van der Waals surface area contributed by atoms with Crippen molar-refractivity contribution in [2.75, 3.05) is 20.8 Å². The lowest BCUT2D eigenvalue weighted by atomic mass is 9.43. The molecular weight excluding hydrogens is 402 g/mol. The van der Waals surface area contributed by atoms with Crippen LogP contribution in [-0.4, -0.2) is 50.1 Å². The van der Waals surface area contributed by atoms with Gasteiger partial charge in [0.2, 0.25) is 0 Å². The van der Waals surface area contributed by atoms with Gasteiger partial charge in [-0.2, -0.15) is 0 Å². The van der Waals surface area contributed by atoms with Crippen molar-refractivity contribution in [3.05, 3.63) is 0 Å². The Hall–Kier alpha value is -0.650. The normalized spacial score (nSPS) is 48.1. The van der Waals surface area contributed by atoms with Crippen LogP contribution in [0.3, 0.4) is 0 Å². The van der Waals surface area contributed by atoms with Gasteiger partial charge in [-0.25, -0.2) is 0 Å². The molecule has 5 heteroatoms. The Kier molecular flexibility index (Phi) is 7.03. The molecule has 4 saturated carbocycles. The minimum atomic E-state index is -0.342. The van der Waals surface area contributed by atoms with E-state index in [1.165, 1.54) is 19.3 Å². The summed E-state index contributed by atoms with van der Waals surface area (Å²) in [7, 11) is 3.31. The molecule has 0 aromatic rings. The number of aliphatic hydroxyl groups is 1. The minimum Gasteiger partial charge on any atom is -0.469 e. The van der Waals surface area contributed by atoms with Gasteiger partial charge in [-0.05, 0) is 98.3 Å². The molecule has 0 amide bonds. The third-order valence-electron chi connectivity index (χ3n) is 10.5. The van der Waals surface area contributed by atoms with E-state index in [1.807, 2.05) is 0 Å². The van der Waals surface area contributed by atoms with Gasteiger partial charge in [0.1, 0.15) is 0 Å². The molecular formula is C27H47NO4. The Balaban J connectivity index is 1.67. The molecule has 4 aliphatic carbocycles. The molecule has 5 nitrogen and oxygen atoms in total. The number of methoxy groups -OCH3 is 2.